The van der Waals surface area contributed by atoms with Crippen LogP contribution in [0.25, 0.3) is 0 Å². The predicted octanol–water partition coefficient (Wildman–Crippen LogP) is 2.47. The van der Waals surface area contributed by atoms with Crippen LogP contribution < -0.4 is 5.32 Å². The van der Waals surface area contributed by atoms with Gasteiger partial charge >= 0.3 is 0 Å². The van der Waals surface area contributed by atoms with Crippen molar-refractivity contribution in [1.29, 1.82) is 0 Å². The zero-order chi connectivity index (χ0) is 13.3. The molecule has 1 aromatic carbocycles. The molecule has 1 aromatic rings. The number of nitrogens with one attached hydrogen (secondary N) is 1. The van der Waals surface area contributed by atoms with E-state index in [0.717, 1.165) is 0 Å². The molecule has 18 heavy (non-hydrogen) atoms. The molecule has 98 valence electrons. The lowest BCUT2D eigenvalue weighted by molar-refractivity contribution is -0.130. The number of nitrogens with zero attached hydrogens (tertiary/aromatic N) is 1. The van der Waals surface area contributed by atoms with Crippen molar-refractivity contribution in [2.45, 2.75) is 39.9 Å². The minimum Gasteiger partial charge on any atom is -0.319 e. The first-order valence-electron chi connectivity index (χ1n) is 6.62. The summed E-state index contributed by atoms with van der Waals surface area (Å²) in [6.45, 7) is 8.95. The molecule has 0 spiro atoms. The van der Waals surface area contributed by atoms with Gasteiger partial charge in [0.15, 0.2) is 0 Å². The lowest BCUT2D eigenvalue weighted by Gasteiger charge is -2.33. The molecule has 3 nitrogen and oxygen atoms in total. The van der Waals surface area contributed by atoms with Crippen molar-refractivity contribution < 1.29 is 4.79 Å². The van der Waals surface area contributed by atoms with Crippen LogP contribution in [-0.4, -0.2) is 23.4 Å². The highest BCUT2D eigenvalue weighted by atomic mass is 16.2. The fourth-order valence-electron chi connectivity index (χ4n) is 2.33. The Balaban J connectivity index is 2.26. The van der Waals surface area contributed by atoms with Gasteiger partial charge in [-0.2, -0.15) is 0 Å². The van der Waals surface area contributed by atoms with Crippen LogP contribution in [0.3, 0.4) is 0 Å². The summed E-state index contributed by atoms with van der Waals surface area (Å²) < 4.78 is 0. The summed E-state index contributed by atoms with van der Waals surface area (Å²) in [5.41, 5.74) is 2.41. The molecule has 2 unspecified atom stereocenters. The number of hydrogen-bond acceptors (Lipinski definition) is 2. The average molecular weight is 246 g/mol. The average Bonchev–Trinajstić information content (AvgIpc) is 2.71. The van der Waals surface area contributed by atoms with Gasteiger partial charge in [-0.25, -0.2) is 0 Å². The molecule has 2 rings (SSSR count). The smallest absolute Gasteiger partial charge is 0.238 e. The standard InChI is InChI=1S/C15H22N2O/c1-10(2)12(4)17-14(18)9-16-15(17)13-7-5-11(3)6-8-13/h5-8,10,12,15-16H,9H2,1-4H3. The summed E-state index contributed by atoms with van der Waals surface area (Å²) in [6.07, 6.45) is 0.0236. The first-order valence-corrected chi connectivity index (χ1v) is 6.62. The van der Waals surface area contributed by atoms with Gasteiger partial charge in [-0.15, -0.1) is 0 Å². The van der Waals surface area contributed by atoms with E-state index in [4.69, 9.17) is 0 Å². The van der Waals surface area contributed by atoms with E-state index >= 15 is 0 Å². The minimum atomic E-state index is 0.0236. The molecular formula is C15H22N2O. The van der Waals surface area contributed by atoms with Gasteiger partial charge in [-0.3, -0.25) is 10.1 Å². The normalized spacial score (nSPS) is 21.7. The molecule has 2 atom stereocenters. The maximum atomic E-state index is 12.0. The maximum Gasteiger partial charge on any atom is 0.238 e. The molecule has 0 radical (unpaired) electrons. The Bertz CT molecular complexity index is 425. The number of rotatable bonds is 3. The molecular weight excluding hydrogens is 224 g/mol. The second kappa shape index (κ2) is 5.11. The molecule has 3 heteroatoms. The van der Waals surface area contributed by atoms with E-state index in [9.17, 15) is 4.79 Å². The number of hydrogen-bond donors (Lipinski definition) is 1. The van der Waals surface area contributed by atoms with Crippen LogP contribution in [0.5, 0.6) is 0 Å². The second-order valence-corrected chi connectivity index (χ2v) is 5.48. The third kappa shape index (κ3) is 2.41. The molecule has 1 fully saturated rings. The zero-order valence-corrected chi connectivity index (χ0v) is 11.6. The van der Waals surface area contributed by atoms with E-state index in [2.05, 4.69) is 57.3 Å². The summed E-state index contributed by atoms with van der Waals surface area (Å²) in [4.78, 5) is 14.0. The van der Waals surface area contributed by atoms with Gasteiger partial charge in [0.25, 0.3) is 0 Å². The molecule has 1 saturated heterocycles. The number of carbonyl (C=O) groups is 1. The first kappa shape index (κ1) is 13.1. The SMILES string of the molecule is Cc1ccc(C2NCC(=O)N2C(C)C(C)C)cc1. The van der Waals surface area contributed by atoms with Crippen molar-refractivity contribution in [1.82, 2.24) is 10.2 Å². The highest BCUT2D eigenvalue weighted by molar-refractivity contribution is 5.81. The maximum absolute atomic E-state index is 12.0. The van der Waals surface area contributed by atoms with E-state index in [-0.39, 0.29) is 18.1 Å². The molecule has 1 heterocycles. The fraction of sp³-hybridized carbons (Fsp3) is 0.533. The summed E-state index contributed by atoms with van der Waals surface area (Å²) in [7, 11) is 0. The topological polar surface area (TPSA) is 32.3 Å². The third-order valence-corrected chi connectivity index (χ3v) is 3.81. The Kier molecular flexibility index (Phi) is 3.71. The Hall–Kier alpha value is -1.35. The van der Waals surface area contributed by atoms with E-state index in [1.807, 2.05) is 4.90 Å². The van der Waals surface area contributed by atoms with Gasteiger partial charge < -0.3 is 4.90 Å². The Labute approximate surface area is 109 Å². The minimum absolute atomic E-state index is 0.0236. The predicted molar refractivity (Wildman–Crippen MR) is 73.1 cm³/mol. The molecule has 1 amide bonds. The van der Waals surface area contributed by atoms with Gasteiger partial charge in [0.1, 0.15) is 6.17 Å². The quantitative estimate of drug-likeness (QED) is 0.888. The first-order chi connectivity index (χ1) is 8.50. The summed E-state index contributed by atoms with van der Waals surface area (Å²) >= 11 is 0. The lowest BCUT2D eigenvalue weighted by Crippen LogP contribution is -2.40. The number of carbonyl (C=O) groups excluding carboxylic acids is 1. The van der Waals surface area contributed by atoms with Gasteiger partial charge in [0, 0.05) is 6.04 Å². The van der Waals surface area contributed by atoms with Gasteiger partial charge in [0.2, 0.25) is 5.91 Å². The van der Waals surface area contributed by atoms with Crippen molar-refractivity contribution in [3.8, 4) is 0 Å². The fourth-order valence-corrected chi connectivity index (χ4v) is 2.33. The van der Waals surface area contributed by atoms with Crippen LogP contribution in [0.4, 0.5) is 0 Å². The van der Waals surface area contributed by atoms with Crippen molar-refractivity contribution in [2.24, 2.45) is 5.92 Å². The highest BCUT2D eigenvalue weighted by Crippen LogP contribution is 2.27. The summed E-state index contributed by atoms with van der Waals surface area (Å²) in [6, 6.07) is 8.65. The van der Waals surface area contributed by atoms with Crippen LogP contribution in [0.1, 0.15) is 38.1 Å². The molecule has 0 aromatic heterocycles. The van der Waals surface area contributed by atoms with Crippen LogP contribution in [0.15, 0.2) is 24.3 Å². The monoisotopic (exact) mass is 246 g/mol. The molecule has 1 aliphatic heterocycles. The van der Waals surface area contributed by atoms with Gasteiger partial charge in [0.05, 0.1) is 6.54 Å². The number of amides is 1. The van der Waals surface area contributed by atoms with E-state index < -0.39 is 0 Å². The summed E-state index contributed by atoms with van der Waals surface area (Å²) in [5, 5.41) is 3.30. The van der Waals surface area contributed by atoms with Crippen LogP contribution >= 0.6 is 0 Å². The third-order valence-electron chi connectivity index (χ3n) is 3.81. The van der Waals surface area contributed by atoms with Crippen molar-refractivity contribution in [3.05, 3.63) is 35.4 Å². The lowest BCUT2D eigenvalue weighted by atomic mass is 10.0. The zero-order valence-electron chi connectivity index (χ0n) is 11.6. The van der Waals surface area contributed by atoms with Crippen LogP contribution in [-0.2, 0) is 4.79 Å². The van der Waals surface area contributed by atoms with E-state index in [1.54, 1.807) is 0 Å². The highest BCUT2D eigenvalue weighted by Gasteiger charge is 2.35. The largest absolute Gasteiger partial charge is 0.319 e. The second-order valence-electron chi connectivity index (χ2n) is 5.48. The van der Waals surface area contributed by atoms with Crippen molar-refractivity contribution in [3.63, 3.8) is 0 Å². The van der Waals surface area contributed by atoms with Crippen molar-refractivity contribution >= 4 is 5.91 Å². The van der Waals surface area contributed by atoms with Crippen LogP contribution in [0, 0.1) is 12.8 Å². The molecule has 1 N–H and O–H groups in total. The van der Waals surface area contributed by atoms with Crippen LogP contribution in [0.2, 0.25) is 0 Å². The Morgan fingerprint density at radius 2 is 1.83 bits per heavy atom. The van der Waals surface area contributed by atoms with Gasteiger partial charge in [-0.05, 0) is 25.3 Å². The van der Waals surface area contributed by atoms with E-state index in [0.29, 0.717) is 12.5 Å². The number of benzene rings is 1. The Morgan fingerprint density at radius 1 is 1.22 bits per heavy atom. The number of aryl methyl sites for hydroxylation is 1. The molecule has 0 saturated carbocycles. The van der Waals surface area contributed by atoms with Crippen molar-refractivity contribution in [2.75, 3.05) is 6.54 Å². The Morgan fingerprint density at radius 3 is 2.39 bits per heavy atom. The summed E-state index contributed by atoms with van der Waals surface area (Å²) in [5.74, 6) is 0.656. The van der Waals surface area contributed by atoms with E-state index in [1.165, 1.54) is 11.1 Å². The molecule has 0 aliphatic carbocycles. The molecule has 0 bridgehead atoms. The van der Waals surface area contributed by atoms with Gasteiger partial charge in [-0.1, -0.05) is 43.7 Å². The molecule has 1 aliphatic rings.